The zero-order valence-corrected chi connectivity index (χ0v) is 14.5. The average Bonchev–Trinajstić information content (AvgIpc) is 2.56. The normalized spacial score (nSPS) is 17.8. The summed E-state index contributed by atoms with van der Waals surface area (Å²) in [5, 5.41) is -0.109. The summed E-state index contributed by atoms with van der Waals surface area (Å²) in [5.74, 6) is -2.94. The van der Waals surface area contributed by atoms with Gasteiger partial charge < -0.3 is 15.2 Å². The molecule has 0 radical (unpaired) electrons. The van der Waals surface area contributed by atoms with E-state index in [1.807, 2.05) is 4.90 Å². The van der Waals surface area contributed by atoms with Crippen LogP contribution in [-0.4, -0.2) is 55.4 Å². The number of benzene rings is 1. The maximum Gasteiger partial charge on any atom is 0.490 e. The Hall–Kier alpha value is -1.58. The number of halogens is 5. The molecule has 0 amide bonds. The minimum Gasteiger partial charge on any atom is -0.490 e. The number of esters is 1. The van der Waals surface area contributed by atoms with Gasteiger partial charge in [0.15, 0.2) is 0 Å². The van der Waals surface area contributed by atoms with E-state index in [1.54, 1.807) is 0 Å². The summed E-state index contributed by atoms with van der Waals surface area (Å²) in [6, 6.07) is 3.68. The Bertz CT molecular complexity index is 622. The fourth-order valence-electron chi connectivity index (χ4n) is 2.52. The van der Waals surface area contributed by atoms with Gasteiger partial charge in [-0.2, -0.15) is 13.2 Å². The van der Waals surface area contributed by atoms with Crippen LogP contribution in [0, 0.1) is 5.82 Å². The number of ether oxygens (including phenoxy) is 2. The highest BCUT2D eigenvalue weighted by Crippen LogP contribution is 2.22. The van der Waals surface area contributed by atoms with Crippen molar-refractivity contribution in [2.24, 2.45) is 5.73 Å². The minimum absolute atomic E-state index is 0.0516. The van der Waals surface area contributed by atoms with E-state index in [0.717, 1.165) is 6.07 Å². The second-order valence-corrected chi connectivity index (χ2v) is 6.46. The van der Waals surface area contributed by atoms with Crippen LogP contribution < -0.4 is 10.5 Å². The van der Waals surface area contributed by atoms with Gasteiger partial charge in [0.05, 0.1) is 5.02 Å². The van der Waals surface area contributed by atoms with Crippen molar-refractivity contribution >= 4 is 17.6 Å². The van der Waals surface area contributed by atoms with Crippen molar-refractivity contribution in [1.82, 2.24) is 4.90 Å². The molecule has 26 heavy (non-hydrogen) atoms. The van der Waals surface area contributed by atoms with Crippen molar-refractivity contribution in [3.05, 3.63) is 29.0 Å². The van der Waals surface area contributed by atoms with Crippen molar-refractivity contribution < 1.29 is 31.8 Å². The number of hydrogen-bond donors (Lipinski definition) is 1. The molecular formula is C16H19ClF4N2O3. The Kier molecular flexibility index (Phi) is 7.08. The number of hydrogen-bond acceptors (Lipinski definition) is 5. The van der Waals surface area contributed by atoms with Gasteiger partial charge in [0, 0.05) is 18.7 Å². The third-order valence-electron chi connectivity index (χ3n) is 3.93. The Morgan fingerprint density at radius 3 is 2.58 bits per heavy atom. The van der Waals surface area contributed by atoms with Crippen molar-refractivity contribution in [1.29, 1.82) is 0 Å². The zero-order valence-electron chi connectivity index (χ0n) is 13.8. The predicted molar refractivity (Wildman–Crippen MR) is 86.5 cm³/mol. The van der Waals surface area contributed by atoms with Gasteiger partial charge in [-0.1, -0.05) is 11.6 Å². The molecule has 0 saturated carbocycles. The molecule has 1 unspecified atom stereocenters. The second kappa shape index (κ2) is 8.88. The number of nitrogens with zero attached hydrogens (tertiary/aromatic N) is 1. The molecule has 1 heterocycles. The largest absolute Gasteiger partial charge is 0.490 e. The third-order valence-corrected chi connectivity index (χ3v) is 4.23. The summed E-state index contributed by atoms with van der Waals surface area (Å²) in [6.45, 7) is 0.865. The lowest BCUT2D eigenvalue weighted by atomic mass is 10.1. The topological polar surface area (TPSA) is 64.8 Å². The molecule has 0 bridgehead atoms. The lowest BCUT2D eigenvalue weighted by Crippen LogP contribution is -2.46. The molecule has 0 aliphatic carbocycles. The van der Waals surface area contributed by atoms with Crippen molar-refractivity contribution in [2.45, 2.75) is 31.2 Å². The van der Waals surface area contributed by atoms with E-state index in [-0.39, 0.29) is 30.0 Å². The Balaban J connectivity index is 1.99. The Morgan fingerprint density at radius 1 is 1.35 bits per heavy atom. The van der Waals surface area contributed by atoms with Gasteiger partial charge in [0.2, 0.25) is 0 Å². The van der Waals surface area contributed by atoms with Crippen LogP contribution in [0.25, 0.3) is 0 Å². The number of rotatable bonds is 6. The molecule has 0 spiro atoms. The molecular weight excluding hydrogens is 380 g/mol. The SMILES string of the molecule is NC1CCN(CC(COc2ccc(Cl)c(F)c2)OC(=O)C(F)(F)F)CC1. The summed E-state index contributed by atoms with van der Waals surface area (Å²) in [4.78, 5) is 13.0. The lowest BCUT2D eigenvalue weighted by molar-refractivity contribution is -0.206. The van der Waals surface area contributed by atoms with Gasteiger partial charge >= 0.3 is 12.1 Å². The van der Waals surface area contributed by atoms with E-state index >= 15 is 0 Å². The first-order valence-electron chi connectivity index (χ1n) is 7.98. The van der Waals surface area contributed by atoms with Gasteiger partial charge in [-0.3, -0.25) is 4.90 Å². The van der Waals surface area contributed by atoms with E-state index in [9.17, 15) is 22.4 Å². The molecule has 1 saturated heterocycles. The molecule has 1 aliphatic rings. The first-order valence-corrected chi connectivity index (χ1v) is 8.36. The fraction of sp³-hybridized carbons (Fsp3) is 0.562. The zero-order chi connectivity index (χ0) is 19.3. The quantitative estimate of drug-likeness (QED) is 0.589. The highest BCUT2D eigenvalue weighted by molar-refractivity contribution is 6.30. The first kappa shape index (κ1) is 20.7. The molecule has 146 valence electrons. The molecule has 1 aromatic rings. The van der Waals surface area contributed by atoms with Crippen molar-refractivity contribution in [3.63, 3.8) is 0 Å². The molecule has 2 N–H and O–H groups in total. The van der Waals surface area contributed by atoms with E-state index in [4.69, 9.17) is 22.1 Å². The van der Waals surface area contributed by atoms with Gasteiger partial charge in [-0.25, -0.2) is 9.18 Å². The summed E-state index contributed by atoms with van der Waals surface area (Å²) < 4.78 is 60.7. The number of piperidine rings is 1. The first-order chi connectivity index (χ1) is 12.1. The maximum absolute atomic E-state index is 13.4. The highest BCUT2D eigenvalue weighted by Gasteiger charge is 2.42. The predicted octanol–water partition coefficient (Wildman–Crippen LogP) is 2.76. The number of carbonyl (C=O) groups excluding carboxylic acids is 1. The summed E-state index contributed by atoms with van der Waals surface area (Å²) in [6.07, 6.45) is -4.88. The van der Waals surface area contributed by atoms with E-state index in [0.29, 0.717) is 25.9 Å². The molecule has 1 fully saturated rings. The number of carbonyl (C=O) groups is 1. The maximum atomic E-state index is 13.4. The van der Waals surface area contributed by atoms with Crippen LogP contribution >= 0.6 is 11.6 Å². The van der Waals surface area contributed by atoms with Gasteiger partial charge in [0.25, 0.3) is 0 Å². The van der Waals surface area contributed by atoms with Crippen LogP contribution in [0.4, 0.5) is 17.6 Å². The molecule has 1 aliphatic heterocycles. The van der Waals surface area contributed by atoms with Crippen LogP contribution in [0.3, 0.4) is 0 Å². The Labute approximate surface area is 153 Å². The van der Waals surface area contributed by atoms with Crippen LogP contribution in [0.1, 0.15) is 12.8 Å². The smallest absolute Gasteiger partial charge is 0.490 e. The fourth-order valence-corrected chi connectivity index (χ4v) is 2.64. The third kappa shape index (κ3) is 6.30. The number of nitrogens with two attached hydrogens (primary N) is 1. The molecule has 1 aromatic carbocycles. The van der Waals surface area contributed by atoms with Crippen LogP contribution in [0.15, 0.2) is 18.2 Å². The van der Waals surface area contributed by atoms with Gasteiger partial charge in [-0.15, -0.1) is 0 Å². The molecule has 2 rings (SSSR count). The van der Waals surface area contributed by atoms with Crippen molar-refractivity contribution in [3.8, 4) is 5.75 Å². The highest BCUT2D eigenvalue weighted by atomic mass is 35.5. The molecule has 1 atom stereocenters. The standard InChI is InChI=1S/C16H19ClF4N2O3/c17-13-2-1-11(7-14(13)18)25-9-12(26-15(24)16(19,20)21)8-23-5-3-10(22)4-6-23/h1-2,7,10,12H,3-6,8-9,22H2. The summed E-state index contributed by atoms with van der Waals surface area (Å²) in [5.41, 5.74) is 5.79. The van der Waals surface area contributed by atoms with Crippen LogP contribution in [0.5, 0.6) is 5.75 Å². The number of alkyl halides is 3. The van der Waals surface area contributed by atoms with E-state index in [2.05, 4.69) is 4.74 Å². The molecule has 5 nitrogen and oxygen atoms in total. The van der Waals surface area contributed by atoms with Gasteiger partial charge in [0.1, 0.15) is 24.3 Å². The van der Waals surface area contributed by atoms with Crippen LogP contribution in [-0.2, 0) is 9.53 Å². The van der Waals surface area contributed by atoms with Crippen LogP contribution in [0.2, 0.25) is 5.02 Å². The molecule has 0 aromatic heterocycles. The van der Waals surface area contributed by atoms with Gasteiger partial charge in [-0.05, 0) is 38.1 Å². The summed E-state index contributed by atoms with van der Waals surface area (Å²) in [7, 11) is 0. The summed E-state index contributed by atoms with van der Waals surface area (Å²) >= 11 is 5.56. The lowest BCUT2D eigenvalue weighted by Gasteiger charge is -2.32. The van der Waals surface area contributed by atoms with E-state index in [1.165, 1.54) is 12.1 Å². The number of likely N-dealkylation sites (tertiary alicyclic amines) is 1. The average molecular weight is 399 g/mol. The monoisotopic (exact) mass is 398 g/mol. The van der Waals surface area contributed by atoms with E-state index < -0.39 is 24.1 Å². The minimum atomic E-state index is -5.10. The molecule has 10 heteroatoms. The van der Waals surface area contributed by atoms with Crippen molar-refractivity contribution in [2.75, 3.05) is 26.2 Å². The Morgan fingerprint density at radius 2 is 2.00 bits per heavy atom. The second-order valence-electron chi connectivity index (χ2n) is 6.05.